The molecule has 0 amide bonds. The minimum absolute atomic E-state index is 0.126. The van der Waals surface area contributed by atoms with Gasteiger partial charge in [0.05, 0.1) is 34.4 Å². The van der Waals surface area contributed by atoms with Gasteiger partial charge in [-0.1, -0.05) is 12.1 Å². The lowest BCUT2D eigenvalue weighted by Gasteiger charge is -2.30. The second-order valence-electron chi connectivity index (χ2n) is 8.73. The van der Waals surface area contributed by atoms with E-state index in [-0.39, 0.29) is 11.4 Å². The van der Waals surface area contributed by atoms with Crippen molar-refractivity contribution in [2.45, 2.75) is 49.6 Å². The van der Waals surface area contributed by atoms with E-state index in [9.17, 15) is 18.8 Å². The highest BCUT2D eigenvalue weighted by atomic mass is 32.2. The van der Waals surface area contributed by atoms with Gasteiger partial charge < -0.3 is 14.4 Å². The van der Waals surface area contributed by atoms with Crippen LogP contribution in [0.5, 0.6) is 5.75 Å². The Hall–Kier alpha value is -2.86. The van der Waals surface area contributed by atoms with Crippen LogP contribution in [0.3, 0.4) is 0 Å². The summed E-state index contributed by atoms with van der Waals surface area (Å²) < 4.78 is 35.2. The molecule has 2 heterocycles. The maximum Gasteiger partial charge on any atom is 0.243 e. The molecule has 1 saturated carbocycles. The van der Waals surface area contributed by atoms with Crippen molar-refractivity contribution in [3.63, 3.8) is 0 Å². The van der Waals surface area contributed by atoms with Gasteiger partial charge in [0.1, 0.15) is 11.8 Å². The summed E-state index contributed by atoms with van der Waals surface area (Å²) in [6.07, 6.45) is 3.08. The molecule has 33 heavy (non-hydrogen) atoms. The highest BCUT2D eigenvalue weighted by Crippen LogP contribution is 2.43. The molecule has 172 valence electrons. The van der Waals surface area contributed by atoms with Crippen molar-refractivity contribution >= 4 is 20.9 Å². The maximum atomic E-state index is 13.0. The van der Waals surface area contributed by atoms with Crippen molar-refractivity contribution < 1.29 is 18.3 Å². The van der Waals surface area contributed by atoms with Gasteiger partial charge in [0.15, 0.2) is 0 Å². The van der Waals surface area contributed by atoms with E-state index in [1.165, 1.54) is 4.31 Å². The average molecular weight is 466 g/mol. The Balaban J connectivity index is 1.61. The number of fused-ring (bicyclic) bond motifs is 1. The lowest BCUT2D eigenvalue weighted by molar-refractivity contribution is 0.189. The molecule has 0 unspecified atom stereocenters. The molecule has 1 atom stereocenters. The summed E-state index contributed by atoms with van der Waals surface area (Å²) >= 11 is 0. The summed E-state index contributed by atoms with van der Waals surface area (Å²) in [7, 11) is -3.66. The first-order valence-electron chi connectivity index (χ1n) is 11.4. The number of hydrogen-bond donors (Lipinski definition) is 1. The zero-order valence-corrected chi connectivity index (χ0v) is 19.4. The molecule has 2 aliphatic rings. The topological polar surface area (TPSA) is 95.6 Å². The monoisotopic (exact) mass is 465 g/mol. The normalized spacial score (nSPS) is 19.5. The van der Waals surface area contributed by atoms with E-state index >= 15 is 0 Å². The largest absolute Gasteiger partial charge is 0.494 e. The molecular formula is C25H27N3O4S. The fraction of sp³-hybridized carbons (Fsp3) is 0.400. The third kappa shape index (κ3) is 3.70. The van der Waals surface area contributed by atoms with E-state index in [1.54, 1.807) is 24.3 Å². The van der Waals surface area contributed by atoms with Crippen molar-refractivity contribution in [1.29, 1.82) is 5.26 Å². The SMILES string of the molecule is CCOc1ccc2c(C#N)c(-c3ccc(S(=O)(=O)N4CC[C@H](O)C4)cc3)n(C3CCC3)c2c1. The highest BCUT2D eigenvalue weighted by molar-refractivity contribution is 7.89. The first kappa shape index (κ1) is 22.0. The summed E-state index contributed by atoms with van der Waals surface area (Å²) in [5, 5.41) is 20.7. The Bertz CT molecular complexity index is 1330. The average Bonchev–Trinajstić information content (AvgIpc) is 3.35. The third-order valence-corrected chi connectivity index (χ3v) is 8.61. The Morgan fingerprint density at radius 2 is 1.91 bits per heavy atom. The second kappa shape index (κ2) is 8.49. The maximum absolute atomic E-state index is 13.0. The number of nitriles is 1. The quantitative estimate of drug-likeness (QED) is 0.592. The van der Waals surface area contributed by atoms with E-state index in [0.29, 0.717) is 31.2 Å². The summed E-state index contributed by atoms with van der Waals surface area (Å²) in [5.74, 6) is 0.772. The van der Waals surface area contributed by atoms with Crippen LogP contribution in [-0.2, 0) is 10.0 Å². The molecule has 0 radical (unpaired) electrons. The van der Waals surface area contributed by atoms with Gasteiger partial charge >= 0.3 is 0 Å². The predicted octanol–water partition coefficient (Wildman–Crippen LogP) is 4.06. The van der Waals surface area contributed by atoms with E-state index in [0.717, 1.165) is 47.2 Å². The summed E-state index contributed by atoms with van der Waals surface area (Å²) in [4.78, 5) is 0.198. The first-order chi connectivity index (χ1) is 15.9. The van der Waals surface area contributed by atoms with Crippen molar-refractivity contribution in [3.05, 3.63) is 48.0 Å². The fourth-order valence-corrected chi connectivity index (χ4v) is 6.32. The Morgan fingerprint density at radius 3 is 2.48 bits per heavy atom. The van der Waals surface area contributed by atoms with Gasteiger partial charge in [-0.05, 0) is 62.4 Å². The van der Waals surface area contributed by atoms with Crippen molar-refractivity contribution in [3.8, 4) is 23.1 Å². The molecule has 5 rings (SSSR count). The molecule has 2 aromatic carbocycles. The fourth-order valence-electron chi connectivity index (χ4n) is 4.83. The van der Waals surface area contributed by atoms with Gasteiger partial charge in [0.2, 0.25) is 10.0 Å². The lowest BCUT2D eigenvalue weighted by atomic mass is 9.92. The number of aliphatic hydroxyl groups excluding tert-OH is 1. The molecule has 1 aliphatic carbocycles. The van der Waals surface area contributed by atoms with E-state index in [2.05, 4.69) is 10.6 Å². The number of benzene rings is 2. The zero-order valence-electron chi connectivity index (χ0n) is 18.6. The summed E-state index contributed by atoms with van der Waals surface area (Å²) in [5.41, 5.74) is 3.21. The van der Waals surface area contributed by atoms with Crippen molar-refractivity contribution in [1.82, 2.24) is 8.87 Å². The third-order valence-electron chi connectivity index (χ3n) is 6.73. The highest BCUT2D eigenvalue weighted by Gasteiger charge is 2.32. The summed E-state index contributed by atoms with van der Waals surface area (Å²) in [6.45, 7) is 2.96. The summed E-state index contributed by atoms with van der Waals surface area (Å²) in [6, 6.07) is 15.3. The molecule has 3 aromatic rings. The smallest absolute Gasteiger partial charge is 0.243 e. The van der Waals surface area contributed by atoms with Crippen LogP contribution in [0.1, 0.15) is 44.2 Å². The zero-order chi connectivity index (χ0) is 23.2. The van der Waals surface area contributed by atoms with Crippen LogP contribution in [0.15, 0.2) is 47.4 Å². The number of β-amino-alcohol motifs (C(OH)–C–C–N with tert-alkyl or cyclic N) is 1. The predicted molar refractivity (Wildman–Crippen MR) is 126 cm³/mol. The first-order valence-corrected chi connectivity index (χ1v) is 12.9. The van der Waals surface area contributed by atoms with Gasteiger partial charge in [0.25, 0.3) is 0 Å². The lowest BCUT2D eigenvalue weighted by Crippen LogP contribution is -2.29. The molecular weight excluding hydrogens is 438 g/mol. The standard InChI is InChI=1S/C25H27N3O4S/c1-2-32-20-8-11-22-23(15-26)25(28(24(22)14-20)18-4-3-5-18)17-6-9-21(10-7-17)33(30,31)27-13-12-19(29)16-27/h6-11,14,18-19,29H,2-5,12-13,16H2,1H3/t19-/m0/s1. The van der Waals surface area contributed by atoms with Crippen LogP contribution in [0, 0.1) is 11.3 Å². The molecule has 8 heteroatoms. The van der Waals surface area contributed by atoms with E-state index in [4.69, 9.17) is 4.74 Å². The van der Waals surface area contributed by atoms with Crippen LogP contribution in [0.2, 0.25) is 0 Å². The Morgan fingerprint density at radius 1 is 1.15 bits per heavy atom. The molecule has 1 saturated heterocycles. The molecule has 1 aromatic heterocycles. The van der Waals surface area contributed by atoms with Crippen molar-refractivity contribution in [2.75, 3.05) is 19.7 Å². The van der Waals surface area contributed by atoms with Crippen LogP contribution in [-0.4, -0.2) is 48.2 Å². The number of hydrogen-bond acceptors (Lipinski definition) is 5. The number of nitrogens with zero attached hydrogens (tertiary/aromatic N) is 3. The second-order valence-corrected chi connectivity index (χ2v) is 10.7. The Labute approximate surface area is 193 Å². The van der Waals surface area contributed by atoms with Gasteiger partial charge in [-0.15, -0.1) is 0 Å². The minimum atomic E-state index is -3.66. The molecule has 0 spiro atoms. The van der Waals surface area contributed by atoms with Gasteiger partial charge in [-0.25, -0.2) is 8.42 Å². The number of aromatic nitrogens is 1. The molecule has 2 fully saturated rings. The van der Waals surface area contributed by atoms with Crippen LogP contribution >= 0.6 is 0 Å². The van der Waals surface area contributed by atoms with E-state index in [1.807, 2.05) is 25.1 Å². The molecule has 1 N–H and O–H groups in total. The number of ether oxygens (including phenoxy) is 1. The van der Waals surface area contributed by atoms with Crippen LogP contribution in [0.25, 0.3) is 22.2 Å². The van der Waals surface area contributed by atoms with Crippen LogP contribution < -0.4 is 4.74 Å². The number of sulfonamides is 1. The van der Waals surface area contributed by atoms with Gasteiger partial charge in [-0.2, -0.15) is 9.57 Å². The molecule has 0 bridgehead atoms. The van der Waals surface area contributed by atoms with Crippen molar-refractivity contribution in [2.24, 2.45) is 0 Å². The van der Waals surface area contributed by atoms with E-state index < -0.39 is 16.1 Å². The number of rotatable bonds is 6. The van der Waals surface area contributed by atoms with Gasteiger partial charge in [0, 0.05) is 30.6 Å². The minimum Gasteiger partial charge on any atom is -0.494 e. The molecule has 7 nitrogen and oxygen atoms in total. The Kier molecular flexibility index (Phi) is 5.65. The van der Waals surface area contributed by atoms with Crippen LogP contribution in [0.4, 0.5) is 0 Å². The van der Waals surface area contributed by atoms with Gasteiger partial charge in [-0.3, -0.25) is 0 Å². The number of aliphatic hydroxyl groups is 1. The molecule has 1 aliphatic heterocycles.